The first-order chi connectivity index (χ1) is 11.1. The number of thioether (sulfide) groups is 1. The number of aromatic nitrogens is 1. The number of nitrogens with one attached hydrogen (secondary N) is 1. The third-order valence-electron chi connectivity index (χ3n) is 3.95. The van der Waals surface area contributed by atoms with Crippen LogP contribution in [0.1, 0.15) is 35.4 Å². The van der Waals surface area contributed by atoms with E-state index in [-0.39, 0.29) is 5.91 Å². The van der Waals surface area contributed by atoms with Crippen molar-refractivity contribution in [2.45, 2.75) is 38.4 Å². The van der Waals surface area contributed by atoms with Gasteiger partial charge in [-0.3, -0.25) is 4.79 Å². The van der Waals surface area contributed by atoms with E-state index in [1.807, 2.05) is 25.1 Å². The van der Waals surface area contributed by atoms with Gasteiger partial charge >= 0.3 is 0 Å². The first-order valence-electron chi connectivity index (χ1n) is 7.73. The van der Waals surface area contributed by atoms with E-state index in [1.165, 1.54) is 18.4 Å². The molecule has 1 heterocycles. The number of aryl methyl sites for hydroxylation is 2. The molecule has 2 aromatic rings. The van der Waals surface area contributed by atoms with Crippen LogP contribution in [0.5, 0.6) is 0 Å². The maximum absolute atomic E-state index is 12.0. The van der Waals surface area contributed by atoms with Crippen LogP contribution >= 0.6 is 27.7 Å². The summed E-state index contributed by atoms with van der Waals surface area (Å²) in [6.07, 6.45) is 4.44. The van der Waals surface area contributed by atoms with Crippen LogP contribution in [0.3, 0.4) is 0 Å². The molecule has 6 heteroatoms. The van der Waals surface area contributed by atoms with Crippen molar-refractivity contribution < 1.29 is 9.32 Å². The first kappa shape index (κ1) is 16.6. The molecule has 1 N–H and O–H groups in total. The van der Waals surface area contributed by atoms with E-state index in [1.54, 1.807) is 11.8 Å². The van der Waals surface area contributed by atoms with Crippen LogP contribution < -0.4 is 5.32 Å². The van der Waals surface area contributed by atoms with Crippen molar-refractivity contribution in [3.63, 3.8) is 0 Å². The largest absolute Gasteiger partial charge is 0.361 e. The topological polar surface area (TPSA) is 55.1 Å². The first-order valence-corrected chi connectivity index (χ1v) is 9.68. The second kappa shape index (κ2) is 7.53. The normalized spacial score (nSPS) is 13.7. The van der Waals surface area contributed by atoms with Crippen LogP contribution in [0.25, 0.3) is 0 Å². The summed E-state index contributed by atoms with van der Waals surface area (Å²) in [5.41, 5.74) is 4.21. The van der Waals surface area contributed by atoms with E-state index in [9.17, 15) is 4.79 Å². The molecule has 0 aliphatic heterocycles. The minimum absolute atomic E-state index is 0.00841. The summed E-state index contributed by atoms with van der Waals surface area (Å²) < 4.78 is 6.44. The fourth-order valence-electron chi connectivity index (χ4n) is 2.72. The van der Waals surface area contributed by atoms with E-state index in [2.05, 4.69) is 26.4 Å². The third-order valence-corrected chi connectivity index (χ3v) is 5.78. The van der Waals surface area contributed by atoms with Crippen LogP contribution in [-0.2, 0) is 23.4 Å². The minimum atomic E-state index is 0.00841. The van der Waals surface area contributed by atoms with Crippen molar-refractivity contribution in [2.75, 3.05) is 11.1 Å². The number of carbonyl (C=O) groups excluding carboxylic acids is 1. The van der Waals surface area contributed by atoms with Gasteiger partial charge in [0.25, 0.3) is 0 Å². The van der Waals surface area contributed by atoms with Crippen LogP contribution in [-0.4, -0.2) is 16.8 Å². The zero-order valence-corrected chi connectivity index (χ0v) is 15.4. The number of halogens is 1. The molecule has 0 saturated heterocycles. The fraction of sp³-hybridized carbons (Fsp3) is 0.412. The lowest BCUT2D eigenvalue weighted by Gasteiger charge is -2.09. The smallest absolute Gasteiger partial charge is 0.234 e. The lowest BCUT2D eigenvalue weighted by atomic mass is 9.97. The van der Waals surface area contributed by atoms with Crippen molar-refractivity contribution in [3.05, 3.63) is 45.3 Å². The Bertz CT molecular complexity index is 715. The average Bonchev–Trinajstić information content (AvgIpc) is 2.94. The Morgan fingerprint density at radius 3 is 3.04 bits per heavy atom. The SMILES string of the molecule is Cc1cc(NC(=O)CSCc2noc3c2CCCC3)ccc1Br. The summed E-state index contributed by atoms with van der Waals surface area (Å²) in [7, 11) is 0. The molecular weight excluding hydrogens is 376 g/mol. The molecule has 0 saturated carbocycles. The van der Waals surface area contributed by atoms with Gasteiger partial charge in [-0.25, -0.2) is 0 Å². The van der Waals surface area contributed by atoms with Gasteiger partial charge in [-0.15, -0.1) is 11.8 Å². The average molecular weight is 395 g/mol. The van der Waals surface area contributed by atoms with E-state index >= 15 is 0 Å². The number of hydrogen-bond acceptors (Lipinski definition) is 4. The summed E-state index contributed by atoms with van der Waals surface area (Å²) in [6, 6.07) is 5.80. The van der Waals surface area contributed by atoms with Crippen LogP contribution in [0, 0.1) is 6.92 Å². The zero-order chi connectivity index (χ0) is 16.2. The molecule has 1 aromatic heterocycles. The summed E-state index contributed by atoms with van der Waals surface area (Å²) in [5, 5.41) is 7.10. The van der Waals surface area contributed by atoms with Gasteiger partial charge in [-0.2, -0.15) is 0 Å². The molecule has 0 atom stereocenters. The molecule has 0 radical (unpaired) electrons. The maximum Gasteiger partial charge on any atom is 0.234 e. The standard InChI is InChI=1S/C17H19BrN2O2S/c1-11-8-12(6-7-14(11)18)19-17(21)10-23-9-15-13-4-2-3-5-16(13)22-20-15/h6-8H,2-5,9-10H2,1H3,(H,19,21). The van der Waals surface area contributed by atoms with Crippen molar-refractivity contribution >= 4 is 39.3 Å². The second-order valence-electron chi connectivity index (χ2n) is 5.74. The summed E-state index contributed by atoms with van der Waals surface area (Å²) in [6.45, 7) is 2.00. The maximum atomic E-state index is 12.0. The molecule has 23 heavy (non-hydrogen) atoms. The number of rotatable bonds is 5. The molecule has 0 bridgehead atoms. The summed E-state index contributed by atoms with van der Waals surface area (Å²) >= 11 is 5.03. The number of fused-ring (bicyclic) bond motifs is 1. The van der Waals surface area contributed by atoms with Crippen LogP contribution in [0.15, 0.2) is 27.2 Å². The van der Waals surface area contributed by atoms with Gasteiger partial charge in [0.2, 0.25) is 5.91 Å². The minimum Gasteiger partial charge on any atom is -0.361 e. The van der Waals surface area contributed by atoms with Gasteiger partial charge in [0, 0.05) is 27.9 Å². The van der Waals surface area contributed by atoms with E-state index in [0.29, 0.717) is 5.75 Å². The second-order valence-corrected chi connectivity index (χ2v) is 7.58. The Balaban J connectivity index is 1.49. The zero-order valence-electron chi connectivity index (χ0n) is 13.0. The highest BCUT2D eigenvalue weighted by molar-refractivity contribution is 9.10. The van der Waals surface area contributed by atoms with Crippen molar-refractivity contribution in [1.82, 2.24) is 5.16 Å². The van der Waals surface area contributed by atoms with E-state index in [4.69, 9.17) is 4.52 Å². The van der Waals surface area contributed by atoms with Gasteiger partial charge in [0.1, 0.15) is 5.76 Å². The highest BCUT2D eigenvalue weighted by Gasteiger charge is 2.19. The summed E-state index contributed by atoms with van der Waals surface area (Å²) in [5.74, 6) is 2.19. The van der Waals surface area contributed by atoms with Crippen LogP contribution in [0.2, 0.25) is 0 Å². The molecule has 0 fully saturated rings. The number of hydrogen-bond donors (Lipinski definition) is 1. The molecule has 122 valence electrons. The number of benzene rings is 1. The Hall–Kier alpha value is -1.27. The lowest BCUT2D eigenvalue weighted by Crippen LogP contribution is -2.14. The Labute approximate surface area is 148 Å². The van der Waals surface area contributed by atoms with Gasteiger partial charge in [0.05, 0.1) is 11.4 Å². The monoisotopic (exact) mass is 394 g/mol. The van der Waals surface area contributed by atoms with Crippen molar-refractivity contribution in [3.8, 4) is 0 Å². The lowest BCUT2D eigenvalue weighted by molar-refractivity contribution is -0.113. The van der Waals surface area contributed by atoms with Gasteiger partial charge in [-0.1, -0.05) is 21.1 Å². The molecule has 1 aliphatic rings. The molecular formula is C17H19BrN2O2S. The van der Waals surface area contributed by atoms with Gasteiger partial charge < -0.3 is 9.84 Å². The molecule has 3 rings (SSSR count). The molecule has 1 aliphatic carbocycles. The van der Waals surface area contributed by atoms with Crippen molar-refractivity contribution in [2.24, 2.45) is 0 Å². The highest BCUT2D eigenvalue weighted by atomic mass is 79.9. The number of anilines is 1. The molecule has 1 amide bonds. The van der Waals surface area contributed by atoms with Gasteiger partial charge in [0.15, 0.2) is 0 Å². The van der Waals surface area contributed by atoms with Crippen molar-refractivity contribution in [1.29, 1.82) is 0 Å². The van der Waals surface area contributed by atoms with E-state index < -0.39 is 0 Å². The Morgan fingerprint density at radius 2 is 2.22 bits per heavy atom. The molecule has 1 aromatic carbocycles. The predicted octanol–water partition coefficient (Wildman–Crippen LogP) is 4.50. The van der Waals surface area contributed by atoms with Crippen LogP contribution in [0.4, 0.5) is 5.69 Å². The third kappa shape index (κ3) is 4.18. The summed E-state index contributed by atoms with van der Waals surface area (Å²) in [4.78, 5) is 12.0. The quantitative estimate of drug-likeness (QED) is 0.810. The number of nitrogens with zero attached hydrogens (tertiary/aromatic N) is 1. The van der Waals surface area contributed by atoms with E-state index in [0.717, 1.165) is 45.8 Å². The van der Waals surface area contributed by atoms with Gasteiger partial charge in [-0.05, 0) is 49.9 Å². The Morgan fingerprint density at radius 1 is 1.39 bits per heavy atom. The highest BCUT2D eigenvalue weighted by Crippen LogP contribution is 2.26. The fourth-order valence-corrected chi connectivity index (χ4v) is 3.75. The molecule has 4 nitrogen and oxygen atoms in total. The Kier molecular flexibility index (Phi) is 5.43. The molecule has 0 spiro atoms. The predicted molar refractivity (Wildman–Crippen MR) is 96.8 cm³/mol. The molecule has 0 unspecified atom stereocenters. The number of carbonyl (C=O) groups is 1. The number of amides is 1.